The molecule has 0 aromatic carbocycles. The van der Waals surface area contributed by atoms with Crippen LogP contribution in [0.15, 0.2) is 0 Å². The first-order valence-corrected chi connectivity index (χ1v) is 5.97. The maximum absolute atomic E-state index is 10.5. The first-order valence-electron chi connectivity index (χ1n) is 5.97. The highest BCUT2D eigenvalue weighted by atomic mass is 16.3. The molecule has 0 radical (unpaired) electrons. The Bertz CT molecular complexity index is 173. The largest absolute Gasteiger partial charge is 0.390 e. The minimum absolute atomic E-state index is 0.319. The summed E-state index contributed by atoms with van der Waals surface area (Å²) in [6.45, 7) is 6.61. The Morgan fingerprint density at radius 2 is 1.86 bits per heavy atom. The lowest BCUT2D eigenvalue weighted by Crippen LogP contribution is -2.45. The number of hydrogen-bond acceptors (Lipinski definition) is 2. The van der Waals surface area contributed by atoms with Crippen LogP contribution in [0.5, 0.6) is 0 Å². The summed E-state index contributed by atoms with van der Waals surface area (Å²) in [6, 6.07) is 0.319. The Morgan fingerprint density at radius 3 is 2.29 bits per heavy atom. The van der Waals surface area contributed by atoms with Gasteiger partial charge in [0.1, 0.15) is 0 Å². The van der Waals surface area contributed by atoms with Crippen molar-refractivity contribution in [2.24, 2.45) is 17.6 Å². The quantitative estimate of drug-likeness (QED) is 0.732. The molecule has 2 unspecified atom stereocenters. The minimum Gasteiger partial charge on any atom is -0.390 e. The van der Waals surface area contributed by atoms with Crippen molar-refractivity contribution in [3.05, 3.63) is 0 Å². The van der Waals surface area contributed by atoms with Crippen LogP contribution in [-0.4, -0.2) is 16.7 Å². The first-order chi connectivity index (χ1) is 6.49. The molecule has 1 aliphatic rings. The fraction of sp³-hybridized carbons (Fsp3) is 1.00. The molecule has 0 spiro atoms. The van der Waals surface area contributed by atoms with Gasteiger partial charge in [0.15, 0.2) is 0 Å². The van der Waals surface area contributed by atoms with E-state index in [0.717, 1.165) is 32.1 Å². The lowest BCUT2D eigenvalue weighted by Gasteiger charge is -2.41. The molecule has 0 aliphatic heterocycles. The highest BCUT2D eigenvalue weighted by molar-refractivity contribution is 4.92. The third-order valence-corrected chi connectivity index (χ3v) is 4.24. The van der Waals surface area contributed by atoms with Crippen LogP contribution in [-0.2, 0) is 0 Å². The fourth-order valence-electron chi connectivity index (χ4n) is 2.48. The van der Waals surface area contributed by atoms with E-state index in [1.165, 1.54) is 0 Å². The second kappa shape index (κ2) is 4.63. The minimum atomic E-state index is -0.439. The molecule has 1 fully saturated rings. The third kappa shape index (κ3) is 2.48. The second-order valence-corrected chi connectivity index (χ2v) is 5.12. The summed E-state index contributed by atoms with van der Waals surface area (Å²) in [5.41, 5.74) is 5.41. The summed E-state index contributed by atoms with van der Waals surface area (Å²) in [4.78, 5) is 0. The molecule has 14 heavy (non-hydrogen) atoms. The second-order valence-electron chi connectivity index (χ2n) is 5.12. The van der Waals surface area contributed by atoms with Crippen molar-refractivity contribution in [1.29, 1.82) is 0 Å². The highest BCUT2D eigenvalue weighted by Crippen LogP contribution is 2.38. The van der Waals surface area contributed by atoms with Crippen LogP contribution in [0.2, 0.25) is 0 Å². The van der Waals surface area contributed by atoms with Crippen molar-refractivity contribution >= 4 is 0 Å². The molecule has 1 rings (SSSR count). The molecule has 2 atom stereocenters. The molecule has 2 nitrogen and oxygen atoms in total. The molecule has 0 saturated heterocycles. The van der Waals surface area contributed by atoms with Gasteiger partial charge in [-0.25, -0.2) is 0 Å². The molecule has 0 aromatic heterocycles. The van der Waals surface area contributed by atoms with E-state index >= 15 is 0 Å². The zero-order valence-corrected chi connectivity index (χ0v) is 9.79. The summed E-state index contributed by atoms with van der Waals surface area (Å²) in [5.74, 6) is 1.01. The molecule has 84 valence electrons. The summed E-state index contributed by atoms with van der Waals surface area (Å²) in [7, 11) is 0. The van der Waals surface area contributed by atoms with E-state index in [2.05, 4.69) is 20.8 Å². The SMILES string of the molecule is CCC(C)C(C)C1(O)CCC(N)CC1. The van der Waals surface area contributed by atoms with Crippen molar-refractivity contribution in [2.75, 3.05) is 0 Å². The van der Waals surface area contributed by atoms with Crippen molar-refractivity contribution in [3.8, 4) is 0 Å². The van der Waals surface area contributed by atoms with E-state index in [0.29, 0.717) is 17.9 Å². The summed E-state index contributed by atoms with van der Waals surface area (Å²) in [5, 5.41) is 10.5. The molecule has 0 heterocycles. The lowest BCUT2D eigenvalue weighted by atomic mass is 9.70. The molecular formula is C12H25NO. The van der Waals surface area contributed by atoms with Gasteiger partial charge >= 0.3 is 0 Å². The van der Waals surface area contributed by atoms with E-state index in [9.17, 15) is 5.11 Å². The van der Waals surface area contributed by atoms with Gasteiger partial charge in [0.05, 0.1) is 5.60 Å². The number of rotatable bonds is 3. The Morgan fingerprint density at radius 1 is 1.36 bits per heavy atom. The number of hydrogen-bond donors (Lipinski definition) is 2. The van der Waals surface area contributed by atoms with Gasteiger partial charge in [0.2, 0.25) is 0 Å². The summed E-state index contributed by atoms with van der Waals surface area (Å²) in [6.07, 6.45) is 4.89. The number of nitrogens with two attached hydrogens (primary N) is 1. The Hall–Kier alpha value is -0.0800. The molecule has 0 bridgehead atoms. The summed E-state index contributed by atoms with van der Waals surface area (Å²) >= 11 is 0. The predicted octanol–water partition coefficient (Wildman–Crippen LogP) is 2.30. The van der Waals surface area contributed by atoms with Crippen LogP contribution in [0.4, 0.5) is 0 Å². The van der Waals surface area contributed by atoms with Crippen LogP contribution in [0.25, 0.3) is 0 Å². The van der Waals surface area contributed by atoms with Crippen LogP contribution in [0.1, 0.15) is 52.9 Å². The highest BCUT2D eigenvalue weighted by Gasteiger charge is 2.38. The molecule has 1 saturated carbocycles. The fourth-order valence-corrected chi connectivity index (χ4v) is 2.48. The molecule has 2 heteroatoms. The topological polar surface area (TPSA) is 46.2 Å². The van der Waals surface area contributed by atoms with Gasteiger partial charge in [-0.3, -0.25) is 0 Å². The van der Waals surface area contributed by atoms with E-state index in [4.69, 9.17) is 5.73 Å². The van der Waals surface area contributed by atoms with Crippen molar-refractivity contribution in [1.82, 2.24) is 0 Å². The van der Waals surface area contributed by atoms with E-state index in [1.807, 2.05) is 0 Å². The van der Waals surface area contributed by atoms with Gasteiger partial charge in [-0.1, -0.05) is 27.2 Å². The normalized spacial score (nSPS) is 37.9. The molecule has 1 aliphatic carbocycles. The Kier molecular flexibility index (Phi) is 3.96. The Balaban J connectivity index is 2.56. The molecule has 0 amide bonds. The van der Waals surface area contributed by atoms with Gasteiger partial charge in [-0.15, -0.1) is 0 Å². The number of aliphatic hydroxyl groups is 1. The van der Waals surface area contributed by atoms with Gasteiger partial charge in [0.25, 0.3) is 0 Å². The van der Waals surface area contributed by atoms with Crippen LogP contribution in [0.3, 0.4) is 0 Å². The predicted molar refractivity (Wildman–Crippen MR) is 60.0 cm³/mol. The monoisotopic (exact) mass is 199 g/mol. The van der Waals surface area contributed by atoms with Crippen molar-refractivity contribution in [3.63, 3.8) is 0 Å². The molecule has 0 aromatic rings. The lowest BCUT2D eigenvalue weighted by molar-refractivity contribution is -0.0640. The van der Waals surface area contributed by atoms with E-state index in [1.54, 1.807) is 0 Å². The zero-order valence-electron chi connectivity index (χ0n) is 9.79. The van der Waals surface area contributed by atoms with Crippen molar-refractivity contribution in [2.45, 2.75) is 64.5 Å². The molecular weight excluding hydrogens is 174 g/mol. The standard InChI is InChI=1S/C12H25NO/c1-4-9(2)10(3)12(14)7-5-11(13)6-8-12/h9-11,14H,4-8,13H2,1-3H3. The van der Waals surface area contributed by atoms with Crippen molar-refractivity contribution < 1.29 is 5.11 Å². The third-order valence-electron chi connectivity index (χ3n) is 4.24. The maximum Gasteiger partial charge on any atom is 0.0676 e. The smallest absolute Gasteiger partial charge is 0.0676 e. The van der Waals surface area contributed by atoms with Gasteiger partial charge in [0, 0.05) is 6.04 Å². The molecule has 3 N–H and O–H groups in total. The average molecular weight is 199 g/mol. The van der Waals surface area contributed by atoms with Gasteiger partial charge in [-0.2, -0.15) is 0 Å². The first kappa shape index (κ1) is 12.0. The average Bonchev–Trinajstić information content (AvgIpc) is 2.20. The van der Waals surface area contributed by atoms with Crippen LogP contribution >= 0.6 is 0 Å². The van der Waals surface area contributed by atoms with Crippen LogP contribution in [0, 0.1) is 11.8 Å². The van der Waals surface area contributed by atoms with E-state index < -0.39 is 5.60 Å². The van der Waals surface area contributed by atoms with Gasteiger partial charge in [-0.05, 0) is 37.5 Å². The maximum atomic E-state index is 10.5. The van der Waals surface area contributed by atoms with Crippen LogP contribution < -0.4 is 5.73 Å². The summed E-state index contributed by atoms with van der Waals surface area (Å²) < 4.78 is 0. The van der Waals surface area contributed by atoms with Gasteiger partial charge < -0.3 is 10.8 Å². The van der Waals surface area contributed by atoms with E-state index in [-0.39, 0.29) is 0 Å². The Labute approximate surface area is 87.9 Å². The zero-order chi connectivity index (χ0) is 10.8.